The molecule has 1 heterocycles. The predicted molar refractivity (Wildman–Crippen MR) is 74.1 cm³/mol. The molecule has 0 radical (unpaired) electrons. The normalized spacial score (nSPS) is 10.6. The molecule has 1 aromatic heterocycles. The minimum atomic E-state index is -3.45. The molecule has 0 amide bonds. The van der Waals surface area contributed by atoms with E-state index < -0.39 is 10.0 Å². The van der Waals surface area contributed by atoms with Gasteiger partial charge in [0.05, 0.1) is 18.9 Å². The fourth-order valence-electron chi connectivity index (χ4n) is 1.23. The van der Waals surface area contributed by atoms with E-state index in [1.807, 2.05) is 0 Å². The van der Waals surface area contributed by atoms with E-state index >= 15 is 0 Å². The lowest BCUT2D eigenvalue weighted by atomic mass is 10.3. The van der Waals surface area contributed by atoms with Crippen molar-refractivity contribution in [1.82, 2.24) is 4.98 Å². The zero-order chi connectivity index (χ0) is 14.1. The quantitative estimate of drug-likeness (QED) is 0.573. The first-order valence-corrected chi connectivity index (χ1v) is 7.47. The summed E-state index contributed by atoms with van der Waals surface area (Å²) in [5.74, 6) is 5.52. The molecule has 0 atom stereocenters. The Hall–Kier alpha value is -1.62. The van der Waals surface area contributed by atoms with Gasteiger partial charge in [0.1, 0.15) is 11.5 Å². The smallest absolute Gasteiger partial charge is 0.236 e. The van der Waals surface area contributed by atoms with Gasteiger partial charge in [0, 0.05) is 6.61 Å². The number of nitrogens with two attached hydrogens (primary N) is 1. The monoisotopic (exact) mass is 283 g/mol. The van der Waals surface area contributed by atoms with Crippen LogP contribution < -0.4 is 10.5 Å². The Morgan fingerprint density at radius 1 is 1.47 bits per heavy atom. The molecule has 19 heavy (non-hydrogen) atoms. The number of nitrogens with one attached hydrogen (secondary N) is 1. The van der Waals surface area contributed by atoms with Crippen molar-refractivity contribution in [2.24, 2.45) is 5.73 Å². The number of rotatable bonds is 6. The van der Waals surface area contributed by atoms with E-state index in [2.05, 4.69) is 21.5 Å². The lowest BCUT2D eigenvalue weighted by molar-refractivity contribution is 0.163. The average molecular weight is 283 g/mol. The molecule has 0 spiro atoms. The number of hydrogen-bond donors (Lipinski definition) is 2. The third kappa shape index (κ3) is 6.20. The molecule has 0 aliphatic heterocycles. The second-order valence-corrected chi connectivity index (χ2v) is 5.37. The van der Waals surface area contributed by atoms with Crippen molar-refractivity contribution in [3.05, 3.63) is 23.9 Å². The van der Waals surface area contributed by atoms with Gasteiger partial charge in [-0.05, 0) is 25.0 Å². The highest BCUT2D eigenvalue weighted by Gasteiger charge is 2.10. The van der Waals surface area contributed by atoms with Gasteiger partial charge in [0.25, 0.3) is 0 Å². The van der Waals surface area contributed by atoms with Gasteiger partial charge in [-0.1, -0.05) is 12.0 Å². The first-order valence-electron chi connectivity index (χ1n) is 5.81. The summed E-state index contributed by atoms with van der Waals surface area (Å²) in [6.45, 7) is 2.67. The van der Waals surface area contributed by atoms with E-state index in [4.69, 9.17) is 10.5 Å². The Morgan fingerprint density at radius 2 is 2.26 bits per heavy atom. The molecule has 0 aliphatic carbocycles. The minimum Gasteiger partial charge on any atom is -0.381 e. The maximum atomic E-state index is 11.7. The topological polar surface area (TPSA) is 94.3 Å². The SMILES string of the molecule is CCOCCS(=O)(=O)Nc1cccc(C#CCN)n1. The second kappa shape index (κ2) is 7.74. The number of nitrogens with zero attached hydrogens (tertiary/aromatic N) is 1. The van der Waals surface area contributed by atoms with Crippen molar-refractivity contribution >= 4 is 15.8 Å². The lowest BCUT2D eigenvalue weighted by Crippen LogP contribution is -2.20. The van der Waals surface area contributed by atoms with Crippen LogP contribution in [0.3, 0.4) is 0 Å². The summed E-state index contributed by atoms with van der Waals surface area (Å²) in [6.07, 6.45) is 0. The van der Waals surface area contributed by atoms with E-state index in [0.29, 0.717) is 12.3 Å². The van der Waals surface area contributed by atoms with Gasteiger partial charge in [-0.15, -0.1) is 0 Å². The molecule has 3 N–H and O–H groups in total. The summed E-state index contributed by atoms with van der Waals surface area (Å²) < 4.78 is 30.8. The highest BCUT2D eigenvalue weighted by molar-refractivity contribution is 7.92. The molecule has 6 nitrogen and oxygen atoms in total. The van der Waals surface area contributed by atoms with Gasteiger partial charge >= 0.3 is 0 Å². The van der Waals surface area contributed by atoms with Gasteiger partial charge in [-0.2, -0.15) is 0 Å². The standard InChI is InChI=1S/C12H17N3O3S/c1-2-18-9-10-19(16,17)15-12-7-3-5-11(14-12)6-4-8-13/h3,5,7H,2,8-10,13H2,1H3,(H,14,15). The average Bonchev–Trinajstić information content (AvgIpc) is 2.36. The number of ether oxygens (including phenoxy) is 1. The van der Waals surface area contributed by atoms with Crippen molar-refractivity contribution < 1.29 is 13.2 Å². The summed E-state index contributed by atoms with van der Waals surface area (Å²) in [5.41, 5.74) is 5.73. The maximum absolute atomic E-state index is 11.7. The fraction of sp³-hybridized carbons (Fsp3) is 0.417. The maximum Gasteiger partial charge on any atom is 0.236 e. The van der Waals surface area contributed by atoms with Crippen molar-refractivity contribution in [2.45, 2.75) is 6.92 Å². The molecule has 0 saturated heterocycles. The summed E-state index contributed by atoms with van der Waals surface area (Å²) in [7, 11) is -3.45. The molecule has 1 rings (SSSR count). The number of pyridine rings is 1. The summed E-state index contributed by atoms with van der Waals surface area (Å²) in [4.78, 5) is 4.06. The van der Waals surface area contributed by atoms with Gasteiger partial charge in [0.2, 0.25) is 10.0 Å². The van der Waals surface area contributed by atoms with E-state index in [0.717, 1.165) is 0 Å². The number of anilines is 1. The molecular weight excluding hydrogens is 266 g/mol. The Kier molecular flexibility index (Phi) is 6.29. The fourth-order valence-corrected chi connectivity index (χ4v) is 2.10. The summed E-state index contributed by atoms with van der Waals surface area (Å²) in [6, 6.07) is 4.92. The third-order valence-corrected chi connectivity index (χ3v) is 3.25. The van der Waals surface area contributed by atoms with Gasteiger partial charge < -0.3 is 10.5 Å². The molecule has 0 bridgehead atoms. The number of hydrogen-bond acceptors (Lipinski definition) is 5. The Bertz CT molecular complexity index is 561. The second-order valence-electron chi connectivity index (χ2n) is 3.53. The van der Waals surface area contributed by atoms with Crippen molar-refractivity contribution in [2.75, 3.05) is 30.2 Å². The highest BCUT2D eigenvalue weighted by Crippen LogP contribution is 2.06. The molecule has 1 aromatic rings. The summed E-state index contributed by atoms with van der Waals surface area (Å²) >= 11 is 0. The van der Waals surface area contributed by atoms with Crippen LogP contribution >= 0.6 is 0 Å². The molecule has 104 valence electrons. The van der Waals surface area contributed by atoms with E-state index in [1.165, 1.54) is 0 Å². The molecule has 0 fully saturated rings. The molecule has 0 unspecified atom stereocenters. The largest absolute Gasteiger partial charge is 0.381 e. The lowest BCUT2D eigenvalue weighted by Gasteiger charge is -2.07. The van der Waals surface area contributed by atoms with Crippen LogP contribution in [0.5, 0.6) is 0 Å². The number of sulfonamides is 1. The van der Waals surface area contributed by atoms with Crippen LogP contribution in [0.25, 0.3) is 0 Å². The zero-order valence-corrected chi connectivity index (χ0v) is 11.5. The van der Waals surface area contributed by atoms with Crippen molar-refractivity contribution in [1.29, 1.82) is 0 Å². The van der Waals surface area contributed by atoms with Crippen LogP contribution in [0.2, 0.25) is 0 Å². The summed E-state index contributed by atoms with van der Waals surface area (Å²) in [5, 5.41) is 0. The van der Waals surface area contributed by atoms with Crippen molar-refractivity contribution in [3.63, 3.8) is 0 Å². The van der Waals surface area contributed by atoms with Gasteiger partial charge in [-0.25, -0.2) is 13.4 Å². The first kappa shape index (κ1) is 15.4. The van der Waals surface area contributed by atoms with Gasteiger partial charge in [0.15, 0.2) is 0 Å². The zero-order valence-electron chi connectivity index (χ0n) is 10.7. The number of aromatic nitrogens is 1. The predicted octanol–water partition coefficient (Wildman–Crippen LogP) is 0.170. The third-order valence-electron chi connectivity index (χ3n) is 2.03. The molecule has 0 saturated carbocycles. The van der Waals surface area contributed by atoms with E-state index in [-0.39, 0.29) is 24.7 Å². The van der Waals surface area contributed by atoms with E-state index in [1.54, 1.807) is 25.1 Å². The molecular formula is C12H17N3O3S. The van der Waals surface area contributed by atoms with Crippen molar-refractivity contribution in [3.8, 4) is 11.8 Å². The Morgan fingerprint density at radius 3 is 2.95 bits per heavy atom. The Labute approximate surface area is 113 Å². The molecule has 0 aliphatic rings. The van der Waals surface area contributed by atoms with Crippen LogP contribution in [0.4, 0.5) is 5.82 Å². The van der Waals surface area contributed by atoms with Crippen LogP contribution in [-0.4, -0.2) is 38.9 Å². The minimum absolute atomic E-state index is 0.110. The van der Waals surface area contributed by atoms with Crippen LogP contribution in [0, 0.1) is 11.8 Å². The molecule has 0 aromatic carbocycles. The van der Waals surface area contributed by atoms with Crippen LogP contribution in [0.15, 0.2) is 18.2 Å². The Balaban J connectivity index is 2.71. The first-order chi connectivity index (χ1) is 9.07. The van der Waals surface area contributed by atoms with Crippen LogP contribution in [0.1, 0.15) is 12.6 Å². The van der Waals surface area contributed by atoms with E-state index in [9.17, 15) is 8.42 Å². The van der Waals surface area contributed by atoms with Gasteiger partial charge in [-0.3, -0.25) is 4.72 Å². The molecule has 7 heteroatoms. The highest BCUT2D eigenvalue weighted by atomic mass is 32.2. The van der Waals surface area contributed by atoms with Crippen LogP contribution in [-0.2, 0) is 14.8 Å².